The molecule has 0 radical (unpaired) electrons. The fraction of sp³-hybridized carbons (Fsp3) is 0.0909. The average Bonchev–Trinajstić information content (AvgIpc) is 3.06. The van der Waals surface area contributed by atoms with E-state index in [4.69, 9.17) is 0 Å². The van der Waals surface area contributed by atoms with Gasteiger partial charge in [0.25, 0.3) is 0 Å². The number of nitrogens with zero attached hydrogens (tertiary/aromatic N) is 1. The first kappa shape index (κ1) is 15.5. The molecular weight excluding hydrogens is 306 g/mol. The second-order valence-corrected chi connectivity index (χ2v) is 6.17. The first-order valence-corrected chi connectivity index (χ1v) is 8.54. The summed E-state index contributed by atoms with van der Waals surface area (Å²) in [6.07, 6.45) is 2.16. The standard InChI is InChI=1S/C22H21N3/c1-3-7-18(8-4-1)17-25-14-13-20-15-19(11-12-22(20)25)16-23-24-21-9-5-2-6-10-21/h1-15,23-24H,16-17H2. The Morgan fingerprint density at radius 3 is 2.28 bits per heavy atom. The second kappa shape index (κ2) is 7.24. The van der Waals surface area contributed by atoms with Crippen molar-refractivity contribution in [3.8, 4) is 0 Å². The van der Waals surface area contributed by atoms with Crippen molar-refractivity contribution < 1.29 is 0 Å². The zero-order chi connectivity index (χ0) is 16.9. The molecular formula is C22H21N3. The maximum absolute atomic E-state index is 3.27. The Morgan fingerprint density at radius 2 is 1.48 bits per heavy atom. The normalized spacial score (nSPS) is 10.9. The number of anilines is 1. The Bertz CT molecular complexity index is 943. The van der Waals surface area contributed by atoms with E-state index in [0.717, 1.165) is 18.8 Å². The average molecular weight is 327 g/mol. The van der Waals surface area contributed by atoms with Crippen LogP contribution in [0.15, 0.2) is 91.1 Å². The number of aromatic nitrogens is 1. The quantitative estimate of drug-likeness (QED) is 0.498. The maximum atomic E-state index is 3.27. The van der Waals surface area contributed by atoms with Crippen molar-refractivity contribution in [2.24, 2.45) is 0 Å². The number of hydrogen-bond acceptors (Lipinski definition) is 2. The van der Waals surface area contributed by atoms with Crippen LogP contribution in [-0.4, -0.2) is 4.57 Å². The van der Waals surface area contributed by atoms with Gasteiger partial charge in [-0.3, -0.25) is 0 Å². The Labute approximate surface area is 147 Å². The predicted molar refractivity (Wildman–Crippen MR) is 104 cm³/mol. The zero-order valence-electron chi connectivity index (χ0n) is 14.0. The van der Waals surface area contributed by atoms with Crippen molar-refractivity contribution in [3.63, 3.8) is 0 Å². The molecule has 0 bridgehead atoms. The molecule has 124 valence electrons. The zero-order valence-corrected chi connectivity index (χ0v) is 14.0. The lowest BCUT2D eigenvalue weighted by atomic mass is 10.1. The first-order chi connectivity index (χ1) is 12.4. The van der Waals surface area contributed by atoms with Crippen LogP contribution in [-0.2, 0) is 13.1 Å². The van der Waals surface area contributed by atoms with Gasteiger partial charge in [-0.2, -0.15) is 0 Å². The molecule has 1 heterocycles. The number of fused-ring (bicyclic) bond motifs is 1. The van der Waals surface area contributed by atoms with Crippen LogP contribution in [0.25, 0.3) is 10.9 Å². The minimum Gasteiger partial charge on any atom is -0.343 e. The summed E-state index contributed by atoms with van der Waals surface area (Å²) in [5.74, 6) is 0. The van der Waals surface area contributed by atoms with E-state index >= 15 is 0 Å². The highest BCUT2D eigenvalue weighted by molar-refractivity contribution is 5.81. The first-order valence-electron chi connectivity index (χ1n) is 8.54. The van der Waals surface area contributed by atoms with Crippen molar-refractivity contribution >= 4 is 16.6 Å². The van der Waals surface area contributed by atoms with E-state index in [0.29, 0.717) is 0 Å². The van der Waals surface area contributed by atoms with E-state index in [1.807, 2.05) is 30.3 Å². The van der Waals surface area contributed by atoms with Gasteiger partial charge < -0.3 is 9.99 Å². The minimum atomic E-state index is 0.773. The van der Waals surface area contributed by atoms with E-state index in [-0.39, 0.29) is 0 Å². The van der Waals surface area contributed by atoms with Gasteiger partial charge in [0.15, 0.2) is 0 Å². The summed E-state index contributed by atoms with van der Waals surface area (Å²) >= 11 is 0. The summed E-state index contributed by atoms with van der Waals surface area (Å²) in [6.45, 7) is 1.67. The van der Waals surface area contributed by atoms with Crippen LogP contribution >= 0.6 is 0 Å². The summed E-state index contributed by atoms with van der Waals surface area (Å²) in [5, 5.41) is 1.27. The minimum absolute atomic E-state index is 0.773. The number of rotatable bonds is 6. The van der Waals surface area contributed by atoms with Crippen LogP contribution in [0.4, 0.5) is 5.69 Å². The molecule has 0 saturated heterocycles. The molecule has 0 fully saturated rings. The van der Waals surface area contributed by atoms with Crippen molar-refractivity contribution in [1.82, 2.24) is 9.99 Å². The third-order valence-electron chi connectivity index (χ3n) is 4.33. The maximum Gasteiger partial charge on any atom is 0.0487 e. The van der Waals surface area contributed by atoms with Crippen LogP contribution in [0.5, 0.6) is 0 Å². The lowest BCUT2D eigenvalue weighted by Crippen LogP contribution is -2.20. The largest absolute Gasteiger partial charge is 0.343 e. The molecule has 0 aliphatic heterocycles. The topological polar surface area (TPSA) is 29.0 Å². The van der Waals surface area contributed by atoms with Gasteiger partial charge in [0.05, 0.1) is 0 Å². The fourth-order valence-corrected chi connectivity index (χ4v) is 3.05. The van der Waals surface area contributed by atoms with Gasteiger partial charge in [-0.15, -0.1) is 0 Å². The third-order valence-corrected chi connectivity index (χ3v) is 4.33. The summed E-state index contributed by atoms with van der Waals surface area (Å²) in [5.41, 5.74) is 11.4. The molecule has 3 nitrogen and oxygen atoms in total. The van der Waals surface area contributed by atoms with Crippen LogP contribution in [0.2, 0.25) is 0 Å². The third kappa shape index (κ3) is 3.73. The second-order valence-electron chi connectivity index (χ2n) is 6.17. The van der Waals surface area contributed by atoms with Crippen molar-refractivity contribution in [2.75, 3.05) is 5.43 Å². The molecule has 4 rings (SSSR count). The Balaban J connectivity index is 1.44. The molecule has 0 aliphatic carbocycles. The van der Waals surface area contributed by atoms with Gasteiger partial charge in [-0.05, 0) is 46.8 Å². The number of para-hydroxylation sites is 1. The molecule has 4 aromatic rings. The van der Waals surface area contributed by atoms with Crippen LogP contribution in [0.3, 0.4) is 0 Å². The van der Waals surface area contributed by atoms with Crippen molar-refractivity contribution in [2.45, 2.75) is 13.1 Å². The number of hydrogen-bond donors (Lipinski definition) is 2. The predicted octanol–water partition coefficient (Wildman–Crippen LogP) is 4.81. The lowest BCUT2D eigenvalue weighted by molar-refractivity contribution is 0.801. The van der Waals surface area contributed by atoms with E-state index < -0.39 is 0 Å². The molecule has 3 aromatic carbocycles. The van der Waals surface area contributed by atoms with E-state index in [1.54, 1.807) is 0 Å². The molecule has 0 saturated carbocycles. The van der Waals surface area contributed by atoms with E-state index in [1.165, 1.54) is 22.0 Å². The van der Waals surface area contributed by atoms with Gasteiger partial charge in [0.2, 0.25) is 0 Å². The lowest BCUT2D eigenvalue weighted by Gasteiger charge is -2.09. The van der Waals surface area contributed by atoms with Crippen molar-refractivity contribution in [1.29, 1.82) is 0 Å². The van der Waals surface area contributed by atoms with E-state index in [2.05, 4.69) is 76.2 Å². The smallest absolute Gasteiger partial charge is 0.0487 e. The molecule has 2 N–H and O–H groups in total. The summed E-state index contributed by atoms with van der Waals surface area (Å²) in [4.78, 5) is 0. The van der Waals surface area contributed by atoms with Crippen LogP contribution < -0.4 is 10.9 Å². The van der Waals surface area contributed by atoms with Gasteiger partial charge in [0, 0.05) is 30.5 Å². The Hall–Kier alpha value is -3.04. The molecule has 0 unspecified atom stereocenters. The highest BCUT2D eigenvalue weighted by atomic mass is 15.3. The van der Waals surface area contributed by atoms with Gasteiger partial charge >= 0.3 is 0 Å². The molecule has 25 heavy (non-hydrogen) atoms. The molecule has 0 amide bonds. The van der Waals surface area contributed by atoms with Gasteiger partial charge in [-0.1, -0.05) is 54.6 Å². The Morgan fingerprint density at radius 1 is 0.720 bits per heavy atom. The number of hydrazine groups is 1. The van der Waals surface area contributed by atoms with Gasteiger partial charge in [0.1, 0.15) is 0 Å². The van der Waals surface area contributed by atoms with Gasteiger partial charge in [-0.25, -0.2) is 5.43 Å². The fourth-order valence-electron chi connectivity index (χ4n) is 3.05. The number of benzene rings is 3. The molecule has 0 spiro atoms. The summed E-state index contributed by atoms with van der Waals surface area (Å²) < 4.78 is 2.30. The number of nitrogens with one attached hydrogen (secondary N) is 2. The summed E-state index contributed by atoms with van der Waals surface area (Å²) in [7, 11) is 0. The Kier molecular flexibility index (Phi) is 4.49. The van der Waals surface area contributed by atoms with E-state index in [9.17, 15) is 0 Å². The monoisotopic (exact) mass is 327 g/mol. The SMILES string of the molecule is c1ccc(Cn2ccc3cc(CNNc4ccccc4)ccc32)cc1. The van der Waals surface area contributed by atoms with Crippen molar-refractivity contribution in [3.05, 3.63) is 102 Å². The van der Waals surface area contributed by atoms with Crippen LogP contribution in [0.1, 0.15) is 11.1 Å². The molecule has 0 atom stereocenters. The highest BCUT2D eigenvalue weighted by Crippen LogP contribution is 2.19. The highest BCUT2D eigenvalue weighted by Gasteiger charge is 2.03. The summed E-state index contributed by atoms with van der Waals surface area (Å²) in [6, 6.07) is 29.5. The molecule has 3 heteroatoms. The molecule has 0 aliphatic rings. The molecule has 1 aromatic heterocycles. The van der Waals surface area contributed by atoms with Crippen LogP contribution in [0, 0.1) is 0 Å².